The minimum Gasteiger partial charge on any atom is -0.395 e. The van der Waals surface area contributed by atoms with Gasteiger partial charge >= 0.3 is 0 Å². The van der Waals surface area contributed by atoms with Crippen molar-refractivity contribution in [3.8, 4) is 17.3 Å². The van der Waals surface area contributed by atoms with Gasteiger partial charge in [0.1, 0.15) is 12.6 Å². The van der Waals surface area contributed by atoms with Crippen molar-refractivity contribution in [1.82, 2.24) is 19.9 Å². The van der Waals surface area contributed by atoms with Crippen LogP contribution in [0.3, 0.4) is 0 Å². The second-order valence-electron chi connectivity index (χ2n) is 9.02. The minimum atomic E-state index is -0.487. The van der Waals surface area contributed by atoms with E-state index in [1.165, 1.54) is 0 Å². The molecule has 0 aliphatic carbocycles. The normalized spacial score (nSPS) is 16.3. The number of hydrogen-bond donors (Lipinski definition) is 4. The van der Waals surface area contributed by atoms with Gasteiger partial charge < -0.3 is 25.6 Å². The van der Waals surface area contributed by atoms with E-state index in [0.717, 1.165) is 27.7 Å². The molecule has 36 heavy (non-hydrogen) atoms. The number of hydrogen-bond acceptors (Lipinski definition) is 7. The Bertz CT molecular complexity index is 1540. The molecule has 3 heterocycles. The molecule has 4 N–H and O–H groups in total. The van der Waals surface area contributed by atoms with Crippen LogP contribution in [0.1, 0.15) is 18.1 Å². The lowest BCUT2D eigenvalue weighted by Crippen LogP contribution is -2.28. The predicted octanol–water partition coefficient (Wildman–Crippen LogP) is 3.79. The van der Waals surface area contributed by atoms with Gasteiger partial charge in [0.25, 0.3) is 0 Å². The fraction of sp³-hybridized carbons (Fsp3) is 0.231. The maximum absolute atomic E-state index is 11.9. The van der Waals surface area contributed by atoms with Crippen LogP contribution in [0.15, 0.2) is 48.8 Å². The average molecular weight is 502 g/mol. The summed E-state index contributed by atoms with van der Waals surface area (Å²) in [6.45, 7) is 2.65. The van der Waals surface area contributed by atoms with Gasteiger partial charge in [-0.1, -0.05) is 18.5 Å². The van der Waals surface area contributed by atoms with E-state index < -0.39 is 5.41 Å². The van der Waals surface area contributed by atoms with Gasteiger partial charge in [-0.15, -0.1) is 0 Å². The van der Waals surface area contributed by atoms with Gasteiger partial charge in [0.05, 0.1) is 34.8 Å². The number of fused-ring (bicyclic) bond motifs is 2. The topological polar surface area (TPSA) is 128 Å². The molecule has 2 aromatic carbocycles. The Balaban J connectivity index is 1.52. The van der Waals surface area contributed by atoms with E-state index in [-0.39, 0.29) is 19.1 Å². The van der Waals surface area contributed by atoms with Crippen molar-refractivity contribution >= 4 is 45.7 Å². The molecule has 0 radical (unpaired) electrons. The summed E-state index contributed by atoms with van der Waals surface area (Å²) in [5.74, 6) is 0.244. The SMILES string of the molecule is CNC(=O)Cn1ccc2c(Nc3nccc(-c4cc(C#N)c5c(c4)C(C)(CO)CN5)n3)cc(Cl)cc21. The van der Waals surface area contributed by atoms with Crippen LogP contribution in [-0.2, 0) is 16.8 Å². The number of benzene rings is 2. The Morgan fingerprint density at radius 3 is 2.92 bits per heavy atom. The molecule has 10 heteroatoms. The summed E-state index contributed by atoms with van der Waals surface area (Å²) in [4.78, 5) is 21.0. The third-order valence-electron chi connectivity index (χ3n) is 6.56. The Kier molecular flexibility index (Phi) is 6.00. The Hall–Kier alpha value is -4.13. The molecule has 1 amide bonds. The number of rotatable bonds is 6. The van der Waals surface area contributed by atoms with E-state index in [0.29, 0.717) is 34.5 Å². The van der Waals surface area contributed by atoms with Crippen LogP contribution >= 0.6 is 11.6 Å². The first-order chi connectivity index (χ1) is 17.3. The predicted molar refractivity (Wildman–Crippen MR) is 139 cm³/mol. The van der Waals surface area contributed by atoms with Crippen LogP contribution in [0.25, 0.3) is 22.2 Å². The van der Waals surface area contributed by atoms with Crippen LogP contribution in [0.2, 0.25) is 5.02 Å². The summed E-state index contributed by atoms with van der Waals surface area (Å²) in [6.07, 6.45) is 3.48. The van der Waals surface area contributed by atoms with Crippen molar-refractivity contribution in [2.75, 3.05) is 30.8 Å². The lowest BCUT2D eigenvalue weighted by atomic mass is 9.83. The zero-order chi connectivity index (χ0) is 25.4. The fourth-order valence-electron chi connectivity index (χ4n) is 4.50. The molecule has 5 rings (SSSR count). The summed E-state index contributed by atoms with van der Waals surface area (Å²) in [6, 6.07) is 13.3. The standard InChI is InChI=1S/C26H24ClN7O2/c1-26(14-35)13-31-24-16(11-28)7-15(8-19(24)26)20-3-5-30-25(32-20)33-21-9-17(27)10-22-18(21)4-6-34(22)12-23(36)29-2/h3-10,31,35H,12-14H2,1-2H3,(H,29,36)(H,30,32,33). The number of anilines is 3. The smallest absolute Gasteiger partial charge is 0.239 e. The number of halogens is 1. The number of aliphatic hydroxyl groups is 1. The maximum atomic E-state index is 11.9. The van der Waals surface area contributed by atoms with Gasteiger partial charge in [-0.25, -0.2) is 9.97 Å². The Labute approximate surface area is 212 Å². The highest BCUT2D eigenvalue weighted by atomic mass is 35.5. The highest BCUT2D eigenvalue weighted by molar-refractivity contribution is 6.32. The van der Waals surface area contributed by atoms with Gasteiger partial charge in [-0.3, -0.25) is 4.79 Å². The highest BCUT2D eigenvalue weighted by Crippen LogP contribution is 2.41. The van der Waals surface area contributed by atoms with Gasteiger partial charge in [0, 0.05) is 47.4 Å². The van der Waals surface area contributed by atoms with E-state index in [4.69, 9.17) is 11.6 Å². The number of nitrogens with zero attached hydrogens (tertiary/aromatic N) is 4. The van der Waals surface area contributed by atoms with Crippen molar-refractivity contribution in [3.63, 3.8) is 0 Å². The van der Waals surface area contributed by atoms with Gasteiger partial charge in [0.2, 0.25) is 11.9 Å². The molecule has 9 nitrogen and oxygen atoms in total. The summed E-state index contributed by atoms with van der Waals surface area (Å²) in [5, 5.41) is 30.2. The van der Waals surface area contributed by atoms with Gasteiger partial charge in [-0.2, -0.15) is 5.26 Å². The van der Waals surface area contributed by atoms with Crippen LogP contribution in [0.5, 0.6) is 0 Å². The molecule has 0 fully saturated rings. The van der Waals surface area contributed by atoms with E-state index >= 15 is 0 Å². The molecule has 1 unspecified atom stereocenters. The second-order valence-corrected chi connectivity index (χ2v) is 9.46. The molecule has 1 aliphatic heterocycles. The van der Waals surface area contributed by atoms with Crippen molar-refractivity contribution in [2.24, 2.45) is 0 Å². The first-order valence-electron chi connectivity index (χ1n) is 11.4. The van der Waals surface area contributed by atoms with Crippen molar-refractivity contribution in [3.05, 3.63) is 64.9 Å². The zero-order valence-corrected chi connectivity index (χ0v) is 20.5. The first-order valence-corrected chi connectivity index (χ1v) is 11.8. The zero-order valence-electron chi connectivity index (χ0n) is 19.8. The van der Waals surface area contributed by atoms with Gasteiger partial charge in [0.15, 0.2) is 0 Å². The van der Waals surface area contributed by atoms with E-state index in [2.05, 4.69) is 32.0 Å². The lowest BCUT2D eigenvalue weighted by Gasteiger charge is -2.21. The largest absolute Gasteiger partial charge is 0.395 e. The average Bonchev–Trinajstić information content (AvgIpc) is 3.44. The van der Waals surface area contributed by atoms with Crippen molar-refractivity contribution in [2.45, 2.75) is 18.9 Å². The third-order valence-corrected chi connectivity index (χ3v) is 6.78. The number of nitrogens with one attached hydrogen (secondary N) is 3. The third kappa shape index (κ3) is 4.11. The number of carbonyl (C=O) groups excluding carboxylic acids is 1. The highest BCUT2D eigenvalue weighted by Gasteiger charge is 2.36. The lowest BCUT2D eigenvalue weighted by molar-refractivity contribution is -0.121. The molecular weight excluding hydrogens is 478 g/mol. The summed E-state index contributed by atoms with van der Waals surface area (Å²) in [5.41, 5.74) is 4.56. The van der Waals surface area contributed by atoms with Crippen molar-refractivity contribution in [1.29, 1.82) is 5.26 Å². The summed E-state index contributed by atoms with van der Waals surface area (Å²) < 4.78 is 1.82. The molecule has 1 atom stereocenters. The molecule has 182 valence electrons. The molecule has 4 aromatic rings. The van der Waals surface area contributed by atoms with E-state index in [1.54, 1.807) is 31.4 Å². The van der Waals surface area contributed by atoms with Gasteiger partial charge in [-0.05, 0) is 42.0 Å². The van der Waals surface area contributed by atoms with E-state index in [9.17, 15) is 15.2 Å². The monoisotopic (exact) mass is 501 g/mol. The van der Waals surface area contributed by atoms with E-state index in [1.807, 2.05) is 35.9 Å². The molecule has 0 saturated carbocycles. The van der Waals surface area contributed by atoms with Crippen LogP contribution in [0.4, 0.5) is 17.3 Å². The molecule has 1 aliphatic rings. The van der Waals surface area contributed by atoms with Crippen LogP contribution in [0, 0.1) is 11.3 Å². The molecule has 2 aromatic heterocycles. The van der Waals surface area contributed by atoms with Crippen LogP contribution in [-0.4, -0.2) is 45.7 Å². The molecule has 0 bridgehead atoms. The summed E-state index contributed by atoms with van der Waals surface area (Å²) >= 11 is 6.39. The summed E-state index contributed by atoms with van der Waals surface area (Å²) in [7, 11) is 1.60. The Morgan fingerprint density at radius 1 is 1.33 bits per heavy atom. The Morgan fingerprint density at radius 2 is 2.17 bits per heavy atom. The number of amides is 1. The first kappa shape index (κ1) is 23.6. The minimum absolute atomic E-state index is 0.0395. The quantitative estimate of drug-likeness (QED) is 0.316. The molecule has 0 saturated heterocycles. The molecule has 0 spiro atoms. The maximum Gasteiger partial charge on any atom is 0.239 e. The second kappa shape index (κ2) is 9.15. The van der Waals surface area contributed by atoms with Crippen LogP contribution < -0.4 is 16.0 Å². The molecular formula is C26H24ClN7O2. The number of aliphatic hydroxyl groups excluding tert-OH is 1. The number of aromatic nitrogens is 3. The number of nitriles is 1. The fourth-order valence-corrected chi connectivity index (χ4v) is 4.71. The number of carbonyl (C=O) groups is 1. The van der Waals surface area contributed by atoms with Crippen molar-refractivity contribution < 1.29 is 9.90 Å². The number of likely N-dealkylation sites (N-methyl/N-ethyl adjacent to an activating group) is 1.